The molecule has 3 rings (SSSR count). The third-order valence-electron chi connectivity index (χ3n) is 5.80. The maximum atomic E-state index is 13.1. The minimum atomic E-state index is -4.77. The molecule has 35 heavy (non-hydrogen) atoms. The number of rotatable bonds is 8. The summed E-state index contributed by atoms with van der Waals surface area (Å²) in [6, 6.07) is 10.3. The summed E-state index contributed by atoms with van der Waals surface area (Å²) in [4.78, 5) is 29.0. The Kier molecular flexibility index (Phi) is 8.68. The van der Waals surface area contributed by atoms with Gasteiger partial charge in [0.05, 0.1) is 18.6 Å². The first-order valence-electron chi connectivity index (χ1n) is 11.2. The second-order valence-corrected chi connectivity index (χ2v) is 8.39. The summed E-state index contributed by atoms with van der Waals surface area (Å²) in [7, 11) is 0. The minimum absolute atomic E-state index is 0.122. The van der Waals surface area contributed by atoms with Crippen LogP contribution in [0.1, 0.15) is 25.5 Å². The molecule has 1 fully saturated rings. The summed E-state index contributed by atoms with van der Waals surface area (Å²) in [6.45, 7) is 6.13. The van der Waals surface area contributed by atoms with Gasteiger partial charge in [0.15, 0.2) is 0 Å². The zero-order valence-electron chi connectivity index (χ0n) is 19.4. The lowest BCUT2D eigenvalue weighted by molar-refractivity contribution is -0.274. The van der Waals surface area contributed by atoms with Gasteiger partial charge >= 0.3 is 6.36 Å². The predicted molar refractivity (Wildman–Crippen MR) is 122 cm³/mol. The van der Waals surface area contributed by atoms with Crippen LogP contribution in [0, 0.1) is 5.82 Å². The van der Waals surface area contributed by atoms with Crippen LogP contribution in [-0.2, 0) is 9.59 Å². The van der Waals surface area contributed by atoms with Gasteiger partial charge in [0, 0.05) is 31.9 Å². The molecule has 0 bridgehead atoms. The Morgan fingerprint density at radius 2 is 1.57 bits per heavy atom. The van der Waals surface area contributed by atoms with E-state index in [1.54, 1.807) is 12.1 Å². The van der Waals surface area contributed by atoms with Gasteiger partial charge in [-0.25, -0.2) is 4.39 Å². The third kappa shape index (κ3) is 8.22. The van der Waals surface area contributed by atoms with Crippen molar-refractivity contribution >= 4 is 17.5 Å². The number of alkyl halides is 3. The largest absolute Gasteiger partial charge is 0.573 e. The van der Waals surface area contributed by atoms with Crippen molar-refractivity contribution in [3.05, 3.63) is 59.9 Å². The molecule has 0 aliphatic carbocycles. The number of halogens is 4. The fourth-order valence-electron chi connectivity index (χ4n) is 3.79. The smallest absolute Gasteiger partial charge is 0.406 e. The normalized spacial score (nSPS) is 16.9. The second kappa shape index (κ2) is 11.5. The zero-order chi connectivity index (χ0) is 25.6. The average Bonchev–Trinajstić information content (AvgIpc) is 2.79. The number of ether oxygens (including phenoxy) is 1. The molecule has 7 nitrogen and oxygen atoms in total. The summed E-state index contributed by atoms with van der Waals surface area (Å²) in [5.74, 6) is -1.12. The number of hydrogen-bond donors (Lipinski definition) is 2. The molecule has 0 radical (unpaired) electrons. The lowest BCUT2D eigenvalue weighted by Crippen LogP contribution is -2.55. The maximum Gasteiger partial charge on any atom is 0.573 e. The number of carbonyl (C=O) groups excluding carboxylic acids is 2. The van der Waals surface area contributed by atoms with Gasteiger partial charge in [-0.15, -0.1) is 13.2 Å². The monoisotopic (exact) mass is 496 g/mol. The van der Waals surface area contributed by atoms with Crippen molar-refractivity contribution < 1.29 is 31.9 Å². The van der Waals surface area contributed by atoms with E-state index in [4.69, 9.17) is 0 Å². The molecular formula is C24H28F4N4O3. The molecule has 0 spiro atoms. The van der Waals surface area contributed by atoms with E-state index in [9.17, 15) is 27.2 Å². The molecule has 2 N–H and O–H groups in total. The molecule has 0 aromatic heterocycles. The molecule has 1 heterocycles. The summed E-state index contributed by atoms with van der Waals surface area (Å²) in [5, 5.41) is 5.60. The Balaban J connectivity index is 1.41. The van der Waals surface area contributed by atoms with Crippen LogP contribution in [0.3, 0.4) is 0 Å². The third-order valence-corrected chi connectivity index (χ3v) is 5.80. The molecule has 190 valence electrons. The van der Waals surface area contributed by atoms with Crippen LogP contribution in [0.15, 0.2) is 48.5 Å². The number of nitrogens with one attached hydrogen (secondary N) is 2. The van der Waals surface area contributed by atoms with E-state index < -0.39 is 6.36 Å². The van der Waals surface area contributed by atoms with E-state index in [1.165, 1.54) is 24.3 Å². The summed E-state index contributed by atoms with van der Waals surface area (Å²) in [6.07, 6.45) is -4.77. The number of hydrogen-bond acceptors (Lipinski definition) is 5. The molecule has 2 aromatic rings. The molecule has 1 aliphatic rings. The quantitative estimate of drug-likeness (QED) is 0.547. The molecule has 2 amide bonds. The Morgan fingerprint density at radius 1 is 0.971 bits per heavy atom. The fraction of sp³-hybridized carbons (Fsp3) is 0.417. The second-order valence-electron chi connectivity index (χ2n) is 8.39. The number of amides is 2. The SMILES string of the molecule is CC(NC(=O)C(C)N1CCN(CC(=O)Nc2ccc(OC(F)(F)F)cc2)CC1)c1ccc(F)cc1. The molecule has 1 aliphatic heterocycles. The molecule has 0 saturated carbocycles. The van der Waals surface area contributed by atoms with Gasteiger partial charge < -0.3 is 15.4 Å². The first kappa shape index (κ1) is 26.4. The number of benzene rings is 2. The summed E-state index contributed by atoms with van der Waals surface area (Å²) < 4.78 is 53.6. The maximum absolute atomic E-state index is 13.1. The van der Waals surface area contributed by atoms with E-state index in [0.29, 0.717) is 31.9 Å². The van der Waals surface area contributed by atoms with Crippen molar-refractivity contribution in [1.82, 2.24) is 15.1 Å². The van der Waals surface area contributed by atoms with Crippen LogP contribution >= 0.6 is 0 Å². The zero-order valence-corrected chi connectivity index (χ0v) is 19.4. The number of carbonyl (C=O) groups is 2. The molecule has 2 unspecified atom stereocenters. The van der Waals surface area contributed by atoms with E-state index >= 15 is 0 Å². The first-order chi connectivity index (χ1) is 16.5. The van der Waals surface area contributed by atoms with Crippen molar-refractivity contribution in [2.24, 2.45) is 0 Å². The van der Waals surface area contributed by atoms with Crippen LogP contribution in [0.25, 0.3) is 0 Å². The lowest BCUT2D eigenvalue weighted by atomic mass is 10.1. The van der Waals surface area contributed by atoms with E-state index in [1.807, 2.05) is 23.6 Å². The fourth-order valence-corrected chi connectivity index (χ4v) is 3.79. The highest BCUT2D eigenvalue weighted by atomic mass is 19.4. The highest BCUT2D eigenvalue weighted by Crippen LogP contribution is 2.24. The number of piperazine rings is 1. The van der Waals surface area contributed by atoms with Gasteiger partial charge in [0.2, 0.25) is 11.8 Å². The van der Waals surface area contributed by atoms with E-state index in [0.717, 1.165) is 17.7 Å². The van der Waals surface area contributed by atoms with Gasteiger partial charge in [0.25, 0.3) is 0 Å². The topological polar surface area (TPSA) is 73.9 Å². The molecular weight excluding hydrogens is 468 g/mol. The van der Waals surface area contributed by atoms with Crippen LogP contribution in [0.2, 0.25) is 0 Å². The Labute approximate surface area is 201 Å². The van der Waals surface area contributed by atoms with Gasteiger partial charge in [-0.2, -0.15) is 0 Å². The van der Waals surface area contributed by atoms with Crippen molar-refractivity contribution in [3.8, 4) is 5.75 Å². The van der Waals surface area contributed by atoms with Crippen LogP contribution < -0.4 is 15.4 Å². The Bertz CT molecular complexity index is 991. The van der Waals surface area contributed by atoms with E-state index in [-0.39, 0.29) is 42.0 Å². The molecule has 2 atom stereocenters. The van der Waals surface area contributed by atoms with Crippen molar-refractivity contribution in [2.45, 2.75) is 32.3 Å². The highest BCUT2D eigenvalue weighted by Gasteiger charge is 2.31. The van der Waals surface area contributed by atoms with Gasteiger partial charge in [-0.3, -0.25) is 19.4 Å². The Morgan fingerprint density at radius 3 is 2.14 bits per heavy atom. The lowest BCUT2D eigenvalue weighted by Gasteiger charge is -2.37. The molecule has 11 heteroatoms. The van der Waals surface area contributed by atoms with Gasteiger partial charge in [-0.05, 0) is 55.8 Å². The first-order valence-corrected chi connectivity index (χ1v) is 11.2. The minimum Gasteiger partial charge on any atom is -0.406 e. The van der Waals surface area contributed by atoms with Crippen LogP contribution in [0.4, 0.5) is 23.2 Å². The number of nitrogens with zero attached hydrogens (tertiary/aromatic N) is 2. The molecule has 1 saturated heterocycles. The van der Waals surface area contributed by atoms with Crippen LogP contribution in [-0.4, -0.2) is 66.7 Å². The van der Waals surface area contributed by atoms with E-state index in [2.05, 4.69) is 15.4 Å². The predicted octanol–water partition coefficient (Wildman–Crippen LogP) is 3.55. The standard InChI is InChI=1S/C24H28F4N4O3/c1-16(18-3-5-19(25)6-4-18)29-23(34)17(2)32-13-11-31(12-14-32)15-22(33)30-20-7-9-21(10-8-20)35-24(26,27)28/h3-10,16-17H,11-15H2,1-2H3,(H,29,34)(H,30,33). The average molecular weight is 497 g/mol. The Hall–Kier alpha value is -3.18. The van der Waals surface area contributed by atoms with Gasteiger partial charge in [-0.1, -0.05) is 12.1 Å². The highest BCUT2D eigenvalue weighted by molar-refractivity contribution is 5.92. The summed E-state index contributed by atoms with van der Waals surface area (Å²) in [5.41, 5.74) is 1.18. The van der Waals surface area contributed by atoms with Crippen molar-refractivity contribution in [1.29, 1.82) is 0 Å². The summed E-state index contributed by atoms with van der Waals surface area (Å²) >= 11 is 0. The molecule has 2 aromatic carbocycles. The van der Waals surface area contributed by atoms with Crippen molar-refractivity contribution in [3.63, 3.8) is 0 Å². The van der Waals surface area contributed by atoms with Crippen LogP contribution in [0.5, 0.6) is 5.75 Å². The van der Waals surface area contributed by atoms with Crippen molar-refractivity contribution in [2.75, 3.05) is 38.0 Å². The van der Waals surface area contributed by atoms with Gasteiger partial charge in [0.1, 0.15) is 11.6 Å². The number of anilines is 1.